The lowest BCUT2D eigenvalue weighted by Gasteiger charge is -2.21. The standard InChI is InChI=1S/C63H122O17P2/c1-7-10-12-14-25-33-39-45-60(65)73-51-58(79-62(67)47-41-35-26-15-13-11-8-2)53-77-81(69,70)75-49-57(64)50-76-82(71,72)78-54-59(52-74-61(66)46-40-34-29-24-23-28-32-38-44-56(6)9-3)80-63(68)48-42-36-30-22-20-18-16-17-19-21-27-31-37-43-55(4)5/h55-59,64H,7-54H2,1-6H3,(H,69,70)(H,71,72)/t56?,57-,58+,59+/m0/s1. The molecule has 82 heavy (non-hydrogen) atoms. The fourth-order valence-corrected chi connectivity index (χ4v) is 10.9. The predicted molar refractivity (Wildman–Crippen MR) is 326 cm³/mol. The van der Waals surface area contributed by atoms with E-state index in [9.17, 15) is 43.2 Å². The maximum atomic E-state index is 13.0. The molecule has 0 amide bonds. The molecule has 486 valence electrons. The highest BCUT2D eigenvalue weighted by atomic mass is 31.2. The van der Waals surface area contributed by atoms with Crippen molar-refractivity contribution < 1.29 is 80.2 Å². The summed E-state index contributed by atoms with van der Waals surface area (Å²) < 4.78 is 67.8. The monoisotopic (exact) mass is 1210 g/mol. The quantitative estimate of drug-likeness (QED) is 0.0222. The minimum Gasteiger partial charge on any atom is -0.462 e. The van der Waals surface area contributed by atoms with Gasteiger partial charge in [0.15, 0.2) is 12.2 Å². The van der Waals surface area contributed by atoms with Gasteiger partial charge in [0.1, 0.15) is 19.3 Å². The lowest BCUT2D eigenvalue weighted by atomic mass is 9.99. The van der Waals surface area contributed by atoms with E-state index in [1.807, 2.05) is 0 Å². The first-order chi connectivity index (χ1) is 39.4. The molecular formula is C63H122O17P2. The Labute approximate surface area is 498 Å². The van der Waals surface area contributed by atoms with Crippen LogP contribution in [0.15, 0.2) is 0 Å². The predicted octanol–water partition coefficient (Wildman–Crippen LogP) is 17.3. The Bertz CT molecular complexity index is 1620. The van der Waals surface area contributed by atoms with E-state index in [0.29, 0.717) is 25.7 Å². The summed E-state index contributed by atoms with van der Waals surface area (Å²) in [7, 11) is -9.88. The van der Waals surface area contributed by atoms with Gasteiger partial charge in [0.05, 0.1) is 26.4 Å². The van der Waals surface area contributed by atoms with Crippen LogP contribution in [-0.2, 0) is 65.4 Å². The van der Waals surface area contributed by atoms with Gasteiger partial charge in [-0.15, -0.1) is 0 Å². The molecule has 17 nitrogen and oxygen atoms in total. The highest BCUT2D eigenvalue weighted by Crippen LogP contribution is 2.45. The van der Waals surface area contributed by atoms with Crippen molar-refractivity contribution in [1.29, 1.82) is 0 Å². The second-order valence-corrected chi connectivity index (χ2v) is 26.4. The molecule has 0 aromatic heterocycles. The van der Waals surface area contributed by atoms with Crippen molar-refractivity contribution in [3.63, 3.8) is 0 Å². The number of aliphatic hydroxyl groups excluding tert-OH is 1. The number of rotatable bonds is 62. The second-order valence-electron chi connectivity index (χ2n) is 23.5. The average molecular weight is 1210 g/mol. The summed E-state index contributed by atoms with van der Waals surface area (Å²) >= 11 is 0. The number of aliphatic hydroxyl groups is 1. The lowest BCUT2D eigenvalue weighted by Crippen LogP contribution is -2.30. The van der Waals surface area contributed by atoms with Gasteiger partial charge in [0, 0.05) is 25.7 Å². The number of hydrogen-bond donors (Lipinski definition) is 3. The number of esters is 4. The maximum absolute atomic E-state index is 13.0. The van der Waals surface area contributed by atoms with Crippen LogP contribution in [0.4, 0.5) is 0 Å². The van der Waals surface area contributed by atoms with E-state index in [2.05, 4.69) is 41.5 Å². The van der Waals surface area contributed by atoms with Crippen LogP contribution in [0.1, 0.15) is 311 Å². The van der Waals surface area contributed by atoms with E-state index in [0.717, 1.165) is 127 Å². The third-order valence-electron chi connectivity index (χ3n) is 14.8. The van der Waals surface area contributed by atoms with Gasteiger partial charge in [-0.05, 0) is 37.5 Å². The number of hydrogen-bond acceptors (Lipinski definition) is 15. The molecule has 3 unspecified atom stereocenters. The molecule has 0 spiro atoms. The lowest BCUT2D eigenvalue weighted by molar-refractivity contribution is -0.161. The molecule has 0 saturated carbocycles. The maximum Gasteiger partial charge on any atom is 0.472 e. The van der Waals surface area contributed by atoms with Crippen LogP contribution in [0.2, 0.25) is 0 Å². The molecular weight excluding hydrogens is 1090 g/mol. The number of ether oxygens (including phenoxy) is 4. The molecule has 3 N–H and O–H groups in total. The molecule has 0 rings (SSSR count). The summed E-state index contributed by atoms with van der Waals surface area (Å²) in [5.41, 5.74) is 0. The van der Waals surface area contributed by atoms with E-state index in [4.69, 9.17) is 37.0 Å². The molecule has 0 heterocycles. The Morgan fingerprint density at radius 3 is 0.927 bits per heavy atom. The Morgan fingerprint density at radius 1 is 0.354 bits per heavy atom. The van der Waals surface area contributed by atoms with Gasteiger partial charge in [0.25, 0.3) is 0 Å². The number of carbonyl (C=O) groups is 4. The third-order valence-corrected chi connectivity index (χ3v) is 16.7. The topological polar surface area (TPSA) is 237 Å². The first-order valence-corrected chi connectivity index (χ1v) is 36.0. The Balaban J connectivity index is 5.18. The van der Waals surface area contributed by atoms with E-state index < -0.39 is 97.5 Å². The normalized spacial score (nSPS) is 14.7. The van der Waals surface area contributed by atoms with Crippen molar-refractivity contribution in [2.75, 3.05) is 39.6 Å². The molecule has 0 radical (unpaired) electrons. The van der Waals surface area contributed by atoms with Gasteiger partial charge < -0.3 is 33.8 Å². The van der Waals surface area contributed by atoms with Crippen molar-refractivity contribution in [3.8, 4) is 0 Å². The zero-order valence-electron chi connectivity index (χ0n) is 52.8. The number of phosphoric acid groups is 2. The molecule has 0 aliphatic heterocycles. The Morgan fingerprint density at radius 2 is 0.622 bits per heavy atom. The number of phosphoric ester groups is 2. The van der Waals surface area contributed by atoms with Gasteiger partial charge in [0.2, 0.25) is 0 Å². The SMILES string of the molecule is CCCCCCCCCC(=O)OC[C@H](COP(=O)(O)OC[C@H](O)COP(=O)(O)OC[C@@H](COC(=O)CCCCCCCCCCC(C)CC)OC(=O)CCCCCCCCCCCCCCCC(C)C)OC(=O)CCCCCCCCC. The van der Waals surface area contributed by atoms with Crippen LogP contribution >= 0.6 is 15.6 Å². The molecule has 0 saturated heterocycles. The fraction of sp³-hybridized carbons (Fsp3) is 0.937. The van der Waals surface area contributed by atoms with Crippen LogP contribution in [0.3, 0.4) is 0 Å². The highest BCUT2D eigenvalue weighted by molar-refractivity contribution is 7.47. The van der Waals surface area contributed by atoms with Crippen molar-refractivity contribution in [2.24, 2.45) is 11.8 Å². The van der Waals surface area contributed by atoms with Crippen molar-refractivity contribution in [3.05, 3.63) is 0 Å². The van der Waals surface area contributed by atoms with Crippen LogP contribution in [0, 0.1) is 11.8 Å². The molecule has 0 fully saturated rings. The van der Waals surface area contributed by atoms with Gasteiger partial charge in [-0.3, -0.25) is 37.3 Å². The van der Waals surface area contributed by atoms with Gasteiger partial charge in [-0.25, -0.2) is 9.13 Å². The molecule has 0 aromatic carbocycles. The van der Waals surface area contributed by atoms with Gasteiger partial charge >= 0.3 is 39.5 Å². The van der Waals surface area contributed by atoms with E-state index >= 15 is 0 Å². The molecule has 6 atom stereocenters. The van der Waals surface area contributed by atoms with Crippen molar-refractivity contribution in [1.82, 2.24) is 0 Å². The fourth-order valence-electron chi connectivity index (χ4n) is 9.32. The molecule has 0 bridgehead atoms. The molecule has 0 aliphatic rings. The third kappa shape index (κ3) is 55.9. The van der Waals surface area contributed by atoms with Crippen molar-refractivity contribution >= 4 is 39.5 Å². The van der Waals surface area contributed by atoms with E-state index in [-0.39, 0.29) is 25.7 Å². The summed E-state index contributed by atoms with van der Waals surface area (Å²) in [5, 5.41) is 10.5. The first-order valence-electron chi connectivity index (χ1n) is 33.0. The van der Waals surface area contributed by atoms with Gasteiger partial charge in [-0.1, -0.05) is 260 Å². The second kappa shape index (κ2) is 55.6. The zero-order valence-corrected chi connectivity index (χ0v) is 54.6. The molecule has 0 aliphatic carbocycles. The first kappa shape index (κ1) is 80.1. The summed E-state index contributed by atoms with van der Waals surface area (Å²) in [6.45, 7) is 9.42. The van der Waals surface area contributed by atoms with Gasteiger partial charge in [-0.2, -0.15) is 0 Å². The largest absolute Gasteiger partial charge is 0.472 e. The Hall–Kier alpha value is -1.94. The van der Waals surface area contributed by atoms with E-state index in [1.165, 1.54) is 103 Å². The Kier molecular flexibility index (Phi) is 54.3. The van der Waals surface area contributed by atoms with Crippen LogP contribution in [0.25, 0.3) is 0 Å². The minimum absolute atomic E-state index is 0.103. The minimum atomic E-state index is -4.94. The zero-order chi connectivity index (χ0) is 60.8. The van der Waals surface area contributed by atoms with Crippen molar-refractivity contribution in [2.45, 2.75) is 330 Å². The summed E-state index contributed by atoms with van der Waals surface area (Å²) in [4.78, 5) is 71.9. The van der Waals surface area contributed by atoms with Crippen LogP contribution in [-0.4, -0.2) is 96.7 Å². The number of carbonyl (C=O) groups excluding carboxylic acids is 4. The molecule has 0 aromatic rings. The summed E-state index contributed by atoms with van der Waals surface area (Å²) in [5.74, 6) is -0.580. The smallest absolute Gasteiger partial charge is 0.462 e. The van der Waals surface area contributed by atoms with Crippen LogP contribution < -0.4 is 0 Å². The molecule has 19 heteroatoms. The summed E-state index contributed by atoms with van der Waals surface area (Å²) in [6, 6.07) is 0. The highest BCUT2D eigenvalue weighted by Gasteiger charge is 2.30. The van der Waals surface area contributed by atoms with Crippen LogP contribution in [0.5, 0.6) is 0 Å². The number of unbranched alkanes of at least 4 members (excludes halogenated alkanes) is 31. The summed E-state index contributed by atoms with van der Waals surface area (Å²) in [6.07, 6.45) is 37.8. The average Bonchev–Trinajstić information content (AvgIpc) is 3.44. The van der Waals surface area contributed by atoms with E-state index in [1.54, 1.807) is 0 Å².